The van der Waals surface area contributed by atoms with Crippen molar-refractivity contribution in [1.29, 1.82) is 0 Å². The van der Waals surface area contributed by atoms with Crippen molar-refractivity contribution in [1.82, 2.24) is 0 Å². The van der Waals surface area contributed by atoms with E-state index >= 15 is 0 Å². The Morgan fingerprint density at radius 2 is 0.714 bits per heavy atom. The Balaban J connectivity index is -0.000000000500. The Morgan fingerprint density at radius 1 is 0.714 bits per heavy atom. The Labute approximate surface area is 86.9 Å². The summed E-state index contributed by atoms with van der Waals surface area (Å²) in [6, 6.07) is 0. The summed E-state index contributed by atoms with van der Waals surface area (Å²) in [5.41, 5.74) is 0. The molecule has 7 heavy (non-hydrogen) atoms. The maximum atomic E-state index is 7.81. The molecule has 0 aliphatic carbocycles. The van der Waals surface area contributed by atoms with Crippen molar-refractivity contribution in [2.45, 2.75) is 0 Å². The second-order valence-corrected chi connectivity index (χ2v) is 0. The van der Waals surface area contributed by atoms with E-state index in [9.17, 15) is 0 Å². The van der Waals surface area contributed by atoms with Gasteiger partial charge in [-0.25, -0.2) is 0 Å². The van der Waals surface area contributed by atoms with Crippen LogP contribution < -0.4 is 0 Å². The summed E-state index contributed by atoms with van der Waals surface area (Å²) < 4.78 is 7.81. The van der Waals surface area contributed by atoms with Crippen LogP contribution in [0.25, 0.3) is 0 Å². The molecule has 0 N–H and O–H groups in total. The zero-order chi connectivity index (χ0) is 2.00. The third-order valence-electron chi connectivity index (χ3n) is 0. The monoisotopic (exact) mass is 357 g/mol. The number of hydrogen-bond donors (Lipinski definition) is 0. The molecule has 0 heterocycles. The Hall–Kier alpha value is 1.94. The predicted octanol–water partition coefficient (Wildman–Crippen LogP) is -1.24. The summed E-state index contributed by atoms with van der Waals surface area (Å²) in [4.78, 5) is 0. The number of rotatable bonds is 0. The van der Waals surface area contributed by atoms with Crippen LogP contribution in [-0.4, -0.2) is 51.7 Å². The molecule has 0 aromatic rings. The van der Waals surface area contributed by atoms with Crippen LogP contribution in [0.3, 0.4) is 0 Å². The molecule has 7 heteroatoms. The predicted molar refractivity (Wildman–Crippen MR) is 14.3 cm³/mol. The molecular formula is CuIn2O4. The van der Waals surface area contributed by atoms with Crippen LogP contribution in [0.2, 0.25) is 0 Å². The summed E-state index contributed by atoms with van der Waals surface area (Å²) in [5.74, 6) is 0. The summed E-state index contributed by atoms with van der Waals surface area (Å²) in [6.45, 7) is 0. The molecule has 0 saturated carbocycles. The van der Waals surface area contributed by atoms with Gasteiger partial charge < -0.3 is 16.4 Å². The van der Waals surface area contributed by atoms with Crippen LogP contribution in [0.1, 0.15) is 0 Å². The molecule has 0 spiro atoms. The standard InChI is InChI=1S/Cu.2In.4O/q;2*+3;;3*-2. The topological polar surface area (TPSA) is 103 Å². The molecule has 0 fully saturated rings. The molecule has 0 saturated heterocycles. The molecule has 0 radical (unpaired) electrons. The molecule has 4 nitrogen and oxygen atoms in total. The van der Waals surface area contributed by atoms with Crippen LogP contribution in [0.4, 0.5) is 0 Å². The first-order valence-electron chi connectivity index (χ1n) is 0.123. The third kappa shape index (κ3) is 74.4. The molecule has 0 rings (SSSR count). The fourth-order valence-electron chi connectivity index (χ4n) is 0. The molecule has 0 bridgehead atoms. The van der Waals surface area contributed by atoms with Gasteiger partial charge in [-0.15, -0.1) is 0 Å². The van der Waals surface area contributed by atoms with Gasteiger partial charge in [-0.1, -0.05) is 0 Å². The fraction of sp³-hybridized carbons (Fsp3) is 0. The summed E-state index contributed by atoms with van der Waals surface area (Å²) in [5, 5.41) is 0. The van der Waals surface area contributed by atoms with E-state index in [-0.39, 0.29) is 68.1 Å². The van der Waals surface area contributed by atoms with Crippen molar-refractivity contribution in [3.63, 3.8) is 0 Å². The van der Waals surface area contributed by atoms with Gasteiger partial charge in [0.05, 0.1) is 0 Å². The average Bonchev–Trinajstić information content (AvgIpc) is 1.00. The SMILES string of the molecule is [In+3].[In+3].[O-2].[O-2].[O-2].[O]=[Cu]. The van der Waals surface area contributed by atoms with E-state index in [1.54, 1.807) is 0 Å². The summed E-state index contributed by atoms with van der Waals surface area (Å²) in [6.07, 6.45) is 0. The Morgan fingerprint density at radius 3 is 0.714 bits per heavy atom. The third-order valence-corrected chi connectivity index (χ3v) is 0. The van der Waals surface area contributed by atoms with E-state index in [4.69, 9.17) is 3.83 Å². The van der Waals surface area contributed by atoms with Gasteiger partial charge in [0.1, 0.15) is 0 Å². The quantitative estimate of drug-likeness (QED) is 0.498. The van der Waals surface area contributed by atoms with Gasteiger partial charge in [0.2, 0.25) is 0 Å². The second kappa shape index (κ2) is 102. The van der Waals surface area contributed by atoms with E-state index in [1.807, 2.05) is 0 Å². The van der Waals surface area contributed by atoms with Gasteiger partial charge in [0, 0.05) is 0 Å². The Bertz CT molecular complexity index is 9.65. The van der Waals surface area contributed by atoms with E-state index in [2.05, 4.69) is 15.9 Å². The maximum absolute atomic E-state index is 7.81. The zero-order valence-corrected chi connectivity index (χ0v) is 10.6. The zero-order valence-electron chi connectivity index (χ0n) is 3.09. The van der Waals surface area contributed by atoms with Gasteiger partial charge in [0.15, 0.2) is 0 Å². The van der Waals surface area contributed by atoms with Gasteiger partial charge in [-0.3, -0.25) is 0 Å². The van der Waals surface area contributed by atoms with E-state index in [0.29, 0.717) is 0 Å². The Kier molecular flexibility index (Phi) is 947. The van der Waals surface area contributed by atoms with Crippen LogP contribution in [0.5, 0.6) is 0 Å². The van der Waals surface area contributed by atoms with Gasteiger partial charge in [0.25, 0.3) is 0 Å². The molecule has 0 aliphatic rings. The van der Waals surface area contributed by atoms with Gasteiger partial charge >= 0.3 is 71.5 Å². The first-order valence-corrected chi connectivity index (χ1v) is 0.508. The first-order chi connectivity index (χ1) is 1.00. The summed E-state index contributed by atoms with van der Waals surface area (Å²) >= 11 is 2.94. The summed E-state index contributed by atoms with van der Waals surface area (Å²) in [7, 11) is 0. The van der Waals surface area contributed by atoms with Crippen molar-refractivity contribution < 1.29 is 36.2 Å². The fourth-order valence-corrected chi connectivity index (χ4v) is 0. The average molecular weight is 357 g/mol. The minimum atomic E-state index is 0. The van der Waals surface area contributed by atoms with E-state index < -0.39 is 0 Å². The molecule has 0 aromatic carbocycles. The molecule has 0 aromatic heterocycles. The van der Waals surface area contributed by atoms with Crippen LogP contribution in [0.15, 0.2) is 0 Å². The van der Waals surface area contributed by atoms with Crippen LogP contribution >= 0.6 is 0 Å². The molecule has 0 amide bonds. The first kappa shape index (κ1) is 65.2. The van der Waals surface area contributed by atoms with Gasteiger partial charge in [-0.2, -0.15) is 0 Å². The van der Waals surface area contributed by atoms with E-state index in [1.165, 1.54) is 0 Å². The van der Waals surface area contributed by atoms with E-state index in [0.717, 1.165) is 0 Å². The molecule has 41 valence electrons. The van der Waals surface area contributed by atoms with Crippen LogP contribution in [-0.2, 0) is 36.2 Å². The van der Waals surface area contributed by atoms with Crippen LogP contribution in [0, 0.1) is 0 Å². The van der Waals surface area contributed by atoms with Gasteiger partial charge in [-0.05, 0) is 0 Å². The van der Waals surface area contributed by atoms with Crippen molar-refractivity contribution in [2.24, 2.45) is 0 Å². The van der Waals surface area contributed by atoms with Crippen molar-refractivity contribution in [2.75, 3.05) is 0 Å². The van der Waals surface area contributed by atoms with Crippen molar-refractivity contribution in [3.8, 4) is 0 Å². The molecule has 0 aliphatic heterocycles. The second-order valence-electron chi connectivity index (χ2n) is 0. The number of hydrogen-bond acceptors (Lipinski definition) is 1. The molecular weight excluding hydrogens is 357 g/mol. The minimum absolute atomic E-state index is 0. The van der Waals surface area contributed by atoms with Crippen molar-refractivity contribution >= 4 is 51.7 Å². The van der Waals surface area contributed by atoms with Crippen molar-refractivity contribution in [3.05, 3.63) is 0 Å². The molecule has 0 unspecified atom stereocenters. The molecule has 0 atom stereocenters. The normalized spacial score (nSPS) is 0.857.